The van der Waals surface area contributed by atoms with Crippen LogP contribution in [0.1, 0.15) is 24.8 Å². The normalized spacial score (nSPS) is 15.0. The van der Waals surface area contributed by atoms with Crippen molar-refractivity contribution in [2.75, 3.05) is 26.2 Å². The van der Waals surface area contributed by atoms with Gasteiger partial charge >= 0.3 is 5.69 Å². The maximum Gasteiger partial charge on any atom is 0.332 e. The van der Waals surface area contributed by atoms with E-state index in [1.165, 1.54) is 30.9 Å². The zero-order valence-corrected chi connectivity index (χ0v) is 18.9. The van der Waals surface area contributed by atoms with Crippen LogP contribution >= 0.6 is 15.9 Å². The maximum absolute atomic E-state index is 12.9. The Bertz CT molecular complexity index is 1170. The molecule has 160 valence electrons. The van der Waals surface area contributed by atoms with Crippen molar-refractivity contribution in [3.8, 4) is 6.01 Å². The third-order valence-corrected chi connectivity index (χ3v) is 6.12. The SMILES string of the molecule is Cn1c(=O)c2c(nc(OCCN3CCCCC3)n2Cc2cccc(Br)c2)n(C)c1=O. The van der Waals surface area contributed by atoms with Crippen molar-refractivity contribution in [2.24, 2.45) is 14.1 Å². The Morgan fingerprint density at radius 2 is 1.87 bits per heavy atom. The number of imidazole rings is 1. The average Bonchev–Trinajstić information content (AvgIpc) is 3.10. The van der Waals surface area contributed by atoms with Gasteiger partial charge in [-0.05, 0) is 43.6 Å². The Morgan fingerprint density at radius 1 is 1.10 bits per heavy atom. The lowest BCUT2D eigenvalue weighted by molar-refractivity contribution is 0.175. The number of nitrogens with zero attached hydrogens (tertiary/aromatic N) is 5. The molecule has 9 heteroatoms. The van der Waals surface area contributed by atoms with Crippen molar-refractivity contribution < 1.29 is 4.74 Å². The quantitative estimate of drug-likeness (QED) is 0.545. The molecule has 0 aliphatic carbocycles. The Morgan fingerprint density at radius 3 is 2.60 bits per heavy atom. The highest BCUT2D eigenvalue weighted by molar-refractivity contribution is 9.10. The summed E-state index contributed by atoms with van der Waals surface area (Å²) in [5.74, 6) is 0. The van der Waals surface area contributed by atoms with Crippen molar-refractivity contribution in [3.05, 3.63) is 55.1 Å². The summed E-state index contributed by atoms with van der Waals surface area (Å²) in [5, 5.41) is 0. The van der Waals surface area contributed by atoms with Gasteiger partial charge < -0.3 is 4.74 Å². The molecule has 0 radical (unpaired) electrons. The standard InChI is InChI=1S/C21H26BrN5O3/c1-24-18-17(19(28)25(2)21(24)29)27(14-15-7-6-8-16(22)13-15)20(23-18)30-12-11-26-9-4-3-5-10-26/h6-8,13H,3-5,9-12,14H2,1-2H3. The van der Waals surface area contributed by atoms with Crippen molar-refractivity contribution in [1.82, 2.24) is 23.6 Å². The van der Waals surface area contributed by atoms with Crippen LogP contribution in [0.15, 0.2) is 38.3 Å². The summed E-state index contributed by atoms with van der Waals surface area (Å²) in [6, 6.07) is 8.24. The van der Waals surface area contributed by atoms with Crippen LogP contribution in [-0.2, 0) is 20.6 Å². The summed E-state index contributed by atoms with van der Waals surface area (Å²) in [6.45, 7) is 3.90. The lowest BCUT2D eigenvalue weighted by atomic mass is 10.1. The molecule has 3 aromatic rings. The summed E-state index contributed by atoms with van der Waals surface area (Å²) in [5.41, 5.74) is 0.931. The van der Waals surface area contributed by atoms with Gasteiger partial charge in [0.1, 0.15) is 6.61 Å². The number of hydrogen-bond acceptors (Lipinski definition) is 5. The van der Waals surface area contributed by atoms with E-state index < -0.39 is 5.69 Å². The second-order valence-electron chi connectivity index (χ2n) is 7.74. The minimum absolute atomic E-state index is 0.339. The van der Waals surface area contributed by atoms with E-state index in [-0.39, 0.29) is 5.56 Å². The molecular formula is C21H26BrN5O3. The molecule has 0 spiro atoms. The number of fused-ring (bicyclic) bond motifs is 1. The molecule has 0 atom stereocenters. The van der Waals surface area contributed by atoms with Gasteiger partial charge in [0.15, 0.2) is 11.2 Å². The van der Waals surface area contributed by atoms with Crippen molar-refractivity contribution >= 4 is 27.1 Å². The largest absolute Gasteiger partial charge is 0.463 e. The molecular weight excluding hydrogens is 450 g/mol. The fourth-order valence-electron chi connectivity index (χ4n) is 3.95. The highest BCUT2D eigenvalue weighted by atomic mass is 79.9. The van der Waals surface area contributed by atoms with Crippen LogP contribution in [0.4, 0.5) is 0 Å². The highest BCUT2D eigenvalue weighted by Crippen LogP contribution is 2.21. The number of aryl methyl sites for hydroxylation is 1. The van der Waals surface area contributed by atoms with Crippen LogP contribution in [0.2, 0.25) is 0 Å². The molecule has 1 fully saturated rings. The van der Waals surface area contributed by atoms with E-state index in [1.54, 1.807) is 11.6 Å². The minimum Gasteiger partial charge on any atom is -0.463 e. The zero-order valence-electron chi connectivity index (χ0n) is 17.3. The number of piperidine rings is 1. The smallest absolute Gasteiger partial charge is 0.332 e. The Kier molecular flexibility index (Phi) is 6.10. The van der Waals surface area contributed by atoms with Crippen molar-refractivity contribution in [3.63, 3.8) is 0 Å². The number of rotatable bonds is 6. The number of likely N-dealkylation sites (tertiary alicyclic amines) is 1. The third kappa shape index (κ3) is 4.09. The van der Waals surface area contributed by atoms with Gasteiger partial charge in [-0.2, -0.15) is 4.98 Å². The molecule has 30 heavy (non-hydrogen) atoms. The Labute approximate surface area is 182 Å². The van der Waals surface area contributed by atoms with E-state index in [0.717, 1.165) is 34.2 Å². The van der Waals surface area contributed by atoms with Crippen LogP contribution in [0.5, 0.6) is 6.01 Å². The predicted molar refractivity (Wildman–Crippen MR) is 119 cm³/mol. The van der Waals surface area contributed by atoms with E-state index in [1.807, 2.05) is 24.3 Å². The van der Waals surface area contributed by atoms with Crippen LogP contribution in [-0.4, -0.2) is 49.8 Å². The first-order valence-electron chi connectivity index (χ1n) is 10.2. The van der Waals surface area contributed by atoms with Gasteiger partial charge in [0.25, 0.3) is 11.6 Å². The first kappa shape index (κ1) is 20.9. The number of halogens is 1. The van der Waals surface area contributed by atoms with Gasteiger partial charge in [-0.15, -0.1) is 0 Å². The summed E-state index contributed by atoms with van der Waals surface area (Å²) in [6.07, 6.45) is 3.73. The lowest BCUT2D eigenvalue weighted by Gasteiger charge is -2.26. The average molecular weight is 476 g/mol. The summed E-state index contributed by atoms with van der Waals surface area (Å²) < 4.78 is 11.3. The molecule has 0 unspecified atom stereocenters. The fraction of sp³-hybridized carbons (Fsp3) is 0.476. The van der Waals surface area contributed by atoms with Gasteiger partial charge in [0.2, 0.25) is 0 Å². The van der Waals surface area contributed by atoms with Gasteiger partial charge in [0.05, 0.1) is 6.54 Å². The summed E-state index contributed by atoms with van der Waals surface area (Å²) in [7, 11) is 3.11. The molecule has 4 rings (SSSR count). The van der Waals surface area contributed by atoms with E-state index >= 15 is 0 Å². The van der Waals surface area contributed by atoms with Gasteiger partial charge in [-0.25, -0.2) is 4.79 Å². The van der Waals surface area contributed by atoms with E-state index in [4.69, 9.17) is 4.74 Å². The number of hydrogen-bond donors (Lipinski definition) is 0. The molecule has 0 saturated carbocycles. The molecule has 0 amide bonds. The van der Waals surface area contributed by atoms with Crippen molar-refractivity contribution in [1.29, 1.82) is 0 Å². The predicted octanol–water partition coefficient (Wildman–Crippen LogP) is 2.11. The van der Waals surface area contributed by atoms with Crippen LogP contribution in [0.25, 0.3) is 11.2 Å². The molecule has 8 nitrogen and oxygen atoms in total. The maximum atomic E-state index is 12.9. The van der Waals surface area contributed by atoms with Crippen LogP contribution < -0.4 is 16.0 Å². The molecule has 0 N–H and O–H groups in total. The minimum atomic E-state index is -0.403. The summed E-state index contributed by atoms with van der Waals surface area (Å²) in [4.78, 5) is 32.2. The molecule has 1 aromatic carbocycles. The van der Waals surface area contributed by atoms with Gasteiger partial charge in [-0.1, -0.05) is 34.5 Å². The molecule has 3 heterocycles. The molecule has 2 aromatic heterocycles. The number of aromatic nitrogens is 4. The monoisotopic (exact) mass is 475 g/mol. The number of ether oxygens (including phenoxy) is 1. The molecule has 1 saturated heterocycles. The Balaban J connectivity index is 1.72. The number of benzene rings is 1. The topological polar surface area (TPSA) is 74.3 Å². The van der Waals surface area contributed by atoms with E-state index in [2.05, 4.69) is 25.8 Å². The Hall–Kier alpha value is -2.39. The van der Waals surface area contributed by atoms with Crippen molar-refractivity contribution in [2.45, 2.75) is 25.8 Å². The van der Waals surface area contributed by atoms with Crippen LogP contribution in [0.3, 0.4) is 0 Å². The van der Waals surface area contributed by atoms with E-state index in [9.17, 15) is 9.59 Å². The second-order valence-corrected chi connectivity index (χ2v) is 8.65. The second kappa shape index (κ2) is 8.77. The summed E-state index contributed by atoms with van der Waals surface area (Å²) >= 11 is 3.49. The third-order valence-electron chi connectivity index (χ3n) is 5.63. The highest BCUT2D eigenvalue weighted by Gasteiger charge is 2.21. The molecule has 0 bridgehead atoms. The molecule has 1 aliphatic rings. The lowest BCUT2D eigenvalue weighted by Crippen LogP contribution is -2.37. The van der Waals surface area contributed by atoms with Gasteiger partial charge in [0, 0.05) is 25.1 Å². The van der Waals surface area contributed by atoms with Gasteiger partial charge in [-0.3, -0.25) is 23.4 Å². The van der Waals surface area contributed by atoms with E-state index in [0.29, 0.717) is 30.3 Å². The zero-order chi connectivity index (χ0) is 21.3. The van der Waals surface area contributed by atoms with Crippen LogP contribution in [0, 0.1) is 0 Å². The first-order chi connectivity index (χ1) is 14.5. The first-order valence-corrected chi connectivity index (χ1v) is 11.0. The molecule has 1 aliphatic heterocycles. The fourth-order valence-corrected chi connectivity index (χ4v) is 4.40.